The Morgan fingerprint density at radius 2 is 1.76 bits per heavy atom. The molecule has 0 aliphatic carbocycles. The fourth-order valence-electron chi connectivity index (χ4n) is 2.77. The summed E-state index contributed by atoms with van der Waals surface area (Å²) in [6.45, 7) is 1.07. The average molecular weight is 528 g/mol. The summed E-state index contributed by atoms with van der Waals surface area (Å²) in [7, 11) is -7.88. The first-order chi connectivity index (χ1) is 15.8. The van der Waals surface area contributed by atoms with Crippen molar-refractivity contribution in [2.24, 2.45) is 0 Å². The Labute approximate surface area is 200 Å². The van der Waals surface area contributed by atoms with Crippen LogP contribution in [-0.4, -0.2) is 45.5 Å². The first-order valence-electron chi connectivity index (χ1n) is 9.50. The fraction of sp³-hybridized carbons (Fsp3) is 0.150. The van der Waals surface area contributed by atoms with Gasteiger partial charge in [-0.05, 0) is 55.5 Å². The average Bonchev–Trinajstić information content (AvgIpc) is 2.73. The van der Waals surface area contributed by atoms with Gasteiger partial charge in [0.15, 0.2) is 0 Å². The summed E-state index contributed by atoms with van der Waals surface area (Å²) in [6.07, 6.45) is 2.31. The molecule has 3 aromatic rings. The van der Waals surface area contributed by atoms with Crippen LogP contribution in [-0.2, 0) is 24.8 Å². The number of benzene rings is 2. The van der Waals surface area contributed by atoms with Gasteiger partial charge in [0.25, 0.3) is 10.0 Å². The van der Waals surface area contributed by atoms with E-state index in [4.69, 9.17) is 11.6 Å². The number of hydrogen-bond donors (Lipinski definition) is 2. The van der Waals surface area contributed by atoms with Gasteiger partial charge in [-0.15, -0.1) is 0 Å². The number of aryl methyl sites for hydroxylation is 1. The van der Waals surface area contributed by atoms with Crippen LogP contribution < -0.4 is 14.3 Å². The first kappa shape index (κ1) is 25.3. The summed E-state index contributed by atoms with van der Waals surface area (Å²) in [4.78, 5) is 20.2. The third-order valence-electron chi connectivity index (χ3n) is 4.35. The van der Waals surface area contributed by atoms with Crippen molar-refractivity contribution in [1.82, 2.24) is 9.97 Å². The van der Waals surface area contributed by atoms with Crippen molar-refractivity contribution in [3.05, 3.63) is 71.3 Å². The zero-order valence-corrected chi connectivity index (χ0v) is 20.2. The highest BCUT2D eigenvalue weighted by Gasteiger charge is 2.22. The summed E-state index contributed by atoms with van der Waals surface area (Å²) in [5.41, 5.74) is 0.813. The molecule has 10 nitrogen and oxygen atoms in total. The molecule has 34 heavy (non-hydrogen) atoms. The van der Waals surface area contributed by atoms with Gasteiger partial charge in [-0.3, -0.25) is 9.10 Å². The van der Waals surface area contributed by atoms with Crippen molar-refractivity contribution in [2.45, 2.75) is 11.8 Å². The van der Waals surface area contributed by atoms with E-state index in [2.05, 4.69) is 20.0 Å². The van der Waals surface area contributed by atoms with E-state index in [-0.39, 0.29) is 27.2 Å². The smallest absolute Gasteiger partial charge is 0.264 e. The lowest BCUT2D eigenvalue weighted by molar-refractivity contribution is -0.114. The summed E-state index contributed by atoms with van der Waals surface area (Å²) < 4.78 is 65.8. The van der Waals surface area contributed by atoms with Gasteiger partial charge < -0.3 is 5.32 Å². The highest BCUT2D eigenvalue weighted by molar-refractivity contribution is 7.92. The number of carbonyl (C=O) groups is 1. The maximum absolute atomic E-state index is 13.4. The second-order valence-electron chi connectivity index (χ2n) is 7.07. The molecule has 2 N–H and O–H groups in total. The van der Waals surface area contributed by atoms with Crippen molar-refractivity contribution in [2.75, 3.05) is 27.1 Å². The Hall–Kier alpha value is -3.29. The molecule has 2 aromatic carbocycles. The number of anilines is 3. The van der Waals surface area contributed by atoms with Gasteiger partial charge in [-0.1, -0.05) is 11.6 Å². The van der Waals surface area contributed by atoms with E-state index in [0.717, 1.165) is 22.7 Å². The zero-order valence-electron chi connectivity index (χ0n) is 17.9. The monoisotopic (exact) mass is 527 g/mol. The van der Waals surface area contributed by atoms with Crippen molar-refractivity contribution >= 4 is 54.9 Å². The van der Waals surface area contributed by atoms with Gasteiger partial charge >= 0.3 is 0 Å². The van der Waals surface area contributed by atoms with Crippen LogP contribution in [0.5, 0.6) is 0 Å². The maximum atomic E-state index is 13.4. The van der Waals surface area contributed by atoms with Crippen LogP contribution in [0.2, 0.25) is 5.02 Å². The Morgan fingerprint density at radius 3 is 2.35 bits per heavy atom. The molecule has 0 aliphatic rings. The Kier molecular flexibility index (Phi) is 7.38. The standard InChI is InChI=1S/C20H19ClFN5O5S2/c1-13-9-10-23-20(24-13)26-34(31,32)16-6-3-14(4-7-16)25-19(28)12-27(33(2,29)30)15-5-8-18(22)17(21)11-15/h3-11H,12H2,1-2H3,(H,25,28)(H,23,24,26). The fourth-order valence-corrected chi connectivity index (χ4v) is 4.74. The van der Waals surface area contributed by atoms with E-state index >= 15 is 0 Å². The van der Waals surface area contributed by atoms with E-state index in [1.807, 2.05) is 0 Å². The number of amides is 1. The van der Waals surface area contributed by atoms with Gasteiger partial charge in [0.05, 0.1) is 21.9 Å². The molecule has 0 fully saturated rings. The summed E-state index contributed by atoms with van der Waals surface area (Å²) >= 11 is 5.73. The van der Waals surface area contributed by atoms with Gasteiger partial charge in [-0.25, -0.2) is 35.9 Å². The van der Waals surface area contributed by atoms with Crippen LogP contribution >= 0.6 is 11.6 Å². The Bertz CT molecular complexity index is 1430. The van der Waals surface area contributed by atoms with Crippen molar-refractivity contribution in [3.8, 4) is 0 Å². The number of nitrogens with zero attached hydrogens (tertiary/aromatic N) is 3. The zero-order chi connectivity index (χ0) is 25.1. The minimum Gasteiger partial charge on any atom is -0.325 e. The minimum absolute atomic E-state index is 0.00920. The van der Waals surface area contributed by atoms with E-state index in [1.54, 1.807) is 13.0 Å². The number of halogens is 2. The molecule has 3 rings (SSSR count). The second-order valence-corrected chi connectivity index (χ2v) is 11.1. The van der Waals surface area contributed by atoms with E-state index in [1.165, 1.54) is 36.5 Å². The van der Waals surface area contributed by atoms with Gasteiger partial charge in [0.2, 0.25) is 21.9 Å². The van der Waals surface area contributed by atoms with Crippen LogP contribution in [0.1, 0.15) is 5.69 Å². The highest BCUT2D eigenvalue weighted by atomic mass is 35.5. The van der Waals surface area contributed by atoms with Gasteiger partial charge in [0.1, 0.15) is 12.4 Å². The number of sulfonamides is 2. The molecule has 1 aromatic heterocycles. The predicted octanol–water partition coefficient (Wildman–Crippen LogP) is 2.78. The molecule has 0 bridgehead atoms. The second kappa shape index (κ2) is 9.91. The molecule has 0 unspecified atom stereocenters. The van der Waals surface area contributed by atoms with Crippen LogP contribution in [0.15, 0.2) is 59.6 Å². The summed E-state index contributed by atoms with van der Waals surface area (Å²) in [5.74, 6) is -1.53. The summed E-state index contributed by atoms with van der Waals surface area (Å²) in [6, 6.07) is 10.1. The molecular weight excluding hydrogens is 509 g/mol. The first-order valence-corrected chi connectivity index (χ1v) is 13.2. The maximum Gasteiger partial charge on any atom is 0.264 e. The number of rotatable bonds is 8. The van der Waals surface area contributed by atoms with Crippen molar-refractivity contribution in [1.29, 1.82) is 0 Å². The molecule has 0 radical (unpaired) electrons. The molecule has 0 aliphatic heterocycles. The molecule has 1 amide bonds. The number of nitrogens with one attached hydrogen (secondary N) is 2. The predicted molar refractivity (Wildman–Crippen MR) is 126 cm³/mol. The van der Waals surface area contributed by atoms with E-state index in [0.29, 0.717) is 5.69 Å². The molecule has 0 saturated heterocycles. The lowest BCUT2D eigenvalue weighted by Gasteiger charge is -2.22. The lowest BCUT2D eigenvalue weighted by atomic mass is 10.3. The van der Waals surface area contributed by atoms with Crippen LogP contribution in [0, 0.1) is 12.7 Å². The Balaban J connectivity index is 1.72. The third kappa shape index (κ3) is 6.40. The SMILES string of the molecule is Cc1ccnc(NS(=O)(=O)c2ccc(NC(=O)CN(c3ccc(F)c(Cl)c3)S(C)(=O)=O)cc2)n1. The van der Waals surface area contributed by atoms with Crippen molar-refractivity contribution < 1.29 is 26.0 Å². The normalized spacial score (nSPS) is 11.6. The highest BCUT2D eigenvalue weighted by Crippen LogP contribution is 2.24. The van der Waals surface area contributed by atoms with Gasteiger partial charge in [-0.2, -0.15) is 0 Å². The molecule has 0 saturated carbocycles. The number of carbonyl (C=O) groups excluding carboxylic acids is 1. The molecule has 0 spiro atoms. The lowest BCUT2D eigenvalue weighted by Crippen LogP contribution is -2.37. The van der Waals surface area contributed by atoms with E-state index < -0.39 is 38.3 Å². The molecule has 0 atom stereocenters. The molecular formula is C20H19ClFN5O5S2. The van der Waals surface area contributed by atoms with Gasteiger partial charge in [0, 0.05) is 17.6 Å². The minimum atomic E-state index is -3.98. The van der Waals surface area contributed by atoms with Crippen LogP contribution in [0.4, 0.5) is 21.7 Å². The molecule has 1 heterocycles. The number of hydrogen-bond acceptors (Lipinski definition) is 7. The van der Waals surface area contributed by atoms with E-state index in [9.17, 15) is 26.0 Å². The van der Waals surface area contributed by atoms with Crippen molar-refractivity contribution in [3.63, 3.8) is 0 Å². The summed E-state index contributed by atoms with van der Waals surface area (Å²) in [5, 5.41) is 2.19. The quantitative estimate of drug-likeness (QED) is 0.459. The Morgan fingerprint density at radius 1 is 1.09 bits per heavy atom. The largest absolute Gasteiger partial charge is 0.325 e. The topological polar surface area (TPSA) is 138 Å². The number of aromatic nitrogens is 2. The van der Waals surface area contributed by atoms with Crippen LogP contribution in [0.3, 0.4) is 0 Å². The van der Waals surface area contributed by atoms with Crippen LogP contribution in [0.25, 0.3) is 0 Å². The molecule has 14 heteroatoms. The third-order valence-corrected chi connectivity index (χ3v) is 7.12. The molecule has 180 valence electrons.